The van der Waals surface area contributed by atoms with Crippen LogP contribution in [0.15, 0.2) is 62.5 Å². The molecule has 2 aromatic rings. The molecule has 0 unspecified atom stereocenters. The van der Waals surface area contributed by atoms with Gasteiger partial charge in [0.15, 0.2) is 17.3 Å². The predicted molar refractivity (Wildman–Crippen MR) is 137 cm³/mol. The molecule has 186 valence electrons. The zero-order chi connectivity index (χ0) is 25.4. The summed E-state index contributed by atoms with van der Waals surface area (Å²) in [7, 11) is -1.20. The summed E-state index contributed by atoms with van der Waals surface area (Å²) in [5, 5.41) is 4.37. The van der Waals surface area contributed by atoms with Crippen LogP contribution in [0.4, 0.5) is 4.39 Å². The molecule has 1 spiro atoms. The molecule has 0 saturated heterocycles. The number of aliphatic imine (C=N–C) groups is 1. The minimum absolute atomic E-state index is 0.0759. The number of hydrogen-bond donors (Lipinski definition) is 1. The molecule has 1 saturated carbocycles. The Morgan fingerprint density at radius 2 is 1.97 bits per heavy atom. The van der Waals surface area contributed by atoms with Crippen molar-refractivity contribution < 1.29 is 13.1 Å². The Morgan fingerprint density at radius 1 is 1.31 bits per heavy atom. The molecule has 0 amide bonds. The molecule has 0 aromatic carbocycles. The van der Waals surface area contributed by atoms with E-state index in [-0.39, 0.29) is 11.3 Å². The van der Waals surface area contributed by atoms with Gasteiger partial charge in [0, 0.05) is 31.1 Å². The van der Waals surface area contributed by atoms with Gasteiger partial charge in [-0.05, 0) is 38.3 Å². The van der Waals surface area contributed by atoms with Gasteiger partial charge in [-0.3, -0.25) is 4.99 Å². The lowest BCUT2D eigenvalue weighted by Gasteiger charge is -2.42. The van der Waals surface area contributed by atoms with Crippen LogP contribution in [0.3, 0.4) is 0 Å². The maximum absolute atomic E-state index is 15.3. The van der Waals surface area contributed by atoms with E-state index in [1.54, 1.807) is 33.0 Å². The van der Waals surface area contributed by atoms with Crippen molar-refractivity contribution >= 4 is 32.7 Å². The van der Waals surface area contributed by atoms with Crippen LogP contribution in [-0.2, 0) is 9.73 Å². The van der Waals surface area contributed by atoms with Crippen molar-refractivity contribution in [1.29, 1.82) is 0 Å². The normalized spacial score (nSPS) is 26.6. The van der Waals surface area contributed by atoms with Gasteiger partial charge >= 0.3 is 0 Å². The summed E-state index contributed by atoms with van der Waals surface area (Å²) >= 11 is 5.82. The third kappa shape index (κ3) is 4.45. The second-order valence-electron chi connectivity index (χ2n) is 9.08. The van der Waals surface area contributed by atoms with Crippen LogP contribution in [-0.4, -0.2) is 48.3 Å². The summed E-state index contributed by atoms with van der Waals surface area (Å²) < 4.78 is 38.1. The third-order valence-electron chi connectivity index (χ3n) is 6.79. The number of allylic oxidation sites excluding steroid dienone is 3. The fourth-order valence-corrected chi connectivity index (χ4v) is 7.80. The van der Waals surface area contributed by atoms with Gasteiger partial charge in [0.25, 0.3) is 0 Å². The summed E-state index contributed by atoms with van der Waals surface area (Å²) in [6.45, 7) is 7.39. The van der Waals surface area contributed by atoms with Gasteiger partial charge in [-0.15, -0.1) is 0 Å². The Bertz CT molecular complexity index is 1360. The molecule has 4 rings (SSSR count). The molecule has 0 radical (unpaired) electrons. The van der Waals surface area contributed by atoms with Crippen molar-refractivity contribution in [2.75, 3.05) is 12.8 Å². The maximum Gasteiger partial charge on any atom is 0.181 e. The van der Waals surface area contributed by atoms with Gasteiger partial charge in [-0.1, -0.05) is 42.3 Å². The highest BCUT2D eigenvalue weighted by atomic mass is 35.5. The Hall–Kier alpha value is -2.85. The fourth-order valence-electron chi connectivity index (χ4n) is 4.65. The van der Waals surface area contributed by atoms with Gasteiger partial charge in [0.05, 0.1) is 26.0 Å². The molecule has 35 heavy (non-hydrogen) atoms. The third-order valence-corrected chi connectivity index (χ3v) is 10.4. The van der Waals surface area contributed by atoms with Crippen LogP contribution in [0.1, 0.15) is 45.3 Å². The van der Waals surface area contributed by atoms with E-state index in [4.69, 9.17) is 21.9 Å². The molecule has 1 aliphatic heterocycles. The second kappa shape index (κ2) is 9.31. The molecule has 3 heterocycles. The summed E-state index contributed by atoms with van der Waals surface area (Å²) in [4.78, 5) is 12.9. The number of halogens is 2. The molecule has 1 fully saturated rings. The highest BCUT2D eigenvalue weighted by Crippen LogP contribution is 2.45. The summed E-state index contributed by atoms with van der Waals surface area (Å²) in [5.41, 5.74) is 6.36. The van der Waals surface area contributed by atoms with Crippen LogP contribution in [0.5, 0.6) is 0 Å². The van der Waals surface area contributed by atoms with Crippen molar-refractivity contribution in [3.05, 3.63) is 59.4 Å². The Morgan fingerprint density at radius 3 is 2.60 bits per heavy atom. The van der Waals surface area contributed by atoms with E-state index in [1.807, 2.05) is 0 Å². The molecule has 2 aromatic heterocycles. The van der Waals surface area contributed by atoms with E-state index in [1.165, 1.54) is 18.5 Å². The largest absolute Gasteiger partial charge is 0.386 e. The standard InChI is InChI=1S/C24H28ClFN6O2S/c1-15(20-11-19(32-34-20)21-29-12-17(25)13-30-21)7-8-18(26)16(2)23(3)14-35(33,28-4)24(22(27)31-23)9-5-6-10-24/h7-8,11-13H,2,5-6,9-10,14H2,1,3-4H3,(H2,27,31)/b15-7+,18-8+/t23-,35+/m0/s1. The van der Waals surface area contributed by atoms with Crippen LogP contribution in [0.2, 0.25) is 5.02 Å². The second-order valence-corrected chi connectivity index (χ2v) is 12.2. The molecule has 2 N–H and O–H groups in total. The van der Waals surface area contributed by atoms with Crippen LogP contribution < -0.4 is 5.73 Å². The van der Waals surface area contributed by atoms with E-state index in [0.29, 0.717) is 46.6 Å². The SMILES string of the molecule is C=C(/C(F)=C\C=C(/C)c1cc(-c2ncc(Cl)cn2)no1)[C@]1(C)C[S@](=O)(=NC)C2(CCCC2)C(N)=N1. The monoisotopic (exact) mass is 518 g/mol. The first kappa shape index (κ1) is 25.2. The lowest BCUT2D eigenvalue weighted by Crippen LogP contribution is -2.58. The zero-order valence-corrected chi connectivity index (χ0v) is 21.5. The lowest BCUT2D eigenvalue weighted by atomic mass is 9.92. The molecular weight excluding hydrogens is 491 g/mol. The van der Waals surface area contributed by atoms with Crippen molar-refractivity contribution in [2.24, 2.45) is 15.1 Å². The fraction of sp³-hybridized carbons (Fsp3) is 0.417. The Kier molecular flexibility index (Phi) is 6.72. The average Bonchev–Trinajstić information content (AvgIpc) is 3.52. The molecule has 2 aliphatic rings. The quantitative estimate of drug-likeness (QED) is 0.547. The van der Waals surface area contributed by atoms with Crippen molar-refractivity contribution in [3.8, 4) is 11.5 Å². The Labute approximate surface area is 209 Å². The van der Waals surface area contributed by atoms with Crippen LogP contribution in [0.25, 0.3) is 17.1 Å². The summed E-state index contributed by atoms with van der Waals surface area (Å²) in [5.74, 6) is 0.559. The number of nitrogens with zero attached hydrogens (tertiary/aromatic N) is 5. The lowest BCUT2D eigenvalue weighted by molar-refractivity contribution is 0.412. The van der Waals surface area contributed by atoms with E-state index in [2.05, 4.69) is 31.1 Å². The predicted octanol–water partition coefficient (Wildman–Crippen LogP) is 5.14. The van der Waals surface area contributed by atoms with Crippen molar-refractivity contribution in [2.45, 2.75) is 49.8 Å². The number of rotatable bonds is 5. The zero-order valence-electron chi connectivity index (χ0n) is 19.9. The van der Waals surface area contributed by atoms with E-state index < -0.39 is 25.8 Å². The van der Waals surface area contributed by atoms with E-state index >= 15 is 4.39 Å². The highest BCUT2D eigenvalue weighted by Gasteiger charge is 2.54. The number of hydrogen-bond acceptors (Lipinski definition) is 8. The molecule has 1 aliphatic carbocycles. The number of nitrogens with two attached hydrogens (primary N) is 1. The minimum atomic E-state index is -2.75. The first-order valence-electron chi connectivity index (χ1n) is 11.2. The van der Waals surface area contributed by atoms with Gasteiger partial charge in [0.1, 0.15) is 16.4 Å². The minimum Gasteiger partial charge on any atom is -0.386 e. The molecule has 0 bridgehead atoms. The molecular formula is C24H28ClFN6O2S. The first-order valence-corrected chi connectivity index (χ1v) is 13.3. The Balaban J connectivity index is 1.58. The van der Waals surface area contributed by atoms with E-state index in [0.717, 1.165) is 12.8 Å². The van der Waals surface area contributed by atoms with Gasteiger partial charge < -0.3 is 10.3 Å². The summed E-state index contributed by atoms with van der Waals surface area (Å²) in [6.07, 6.45) is 8.96. The topological polar surface area (TPSA) is 120 Å². The van der Waals surface area contributed by atoms with Crippen LogP contribution >= 0.6 is 11.6 Å². The van der Waals surface area contributed by atoms with Gasteiger partial charge in [-0.2, -0.15) is 0 Å². The average molecular weight is 519 g/mol. The highest BCUT2D eigenvalue weighted by molar-refractivity contribution is 7.96. The smallest absolute Gasteiger partial charge is 0.181 e. The van der Waals surface area contributed by atoms with E-state index in [9.17, 15) is 4.21 Å². The number of aromatic nitrogens is 3. The van der Waals surface area contributed by atoms with Gasteiger partial charge in [-0.25, -0.2) is 22.9 Å². The first-order chi connectivity index (χ1) is 16.5. The van der Waals surface area contributed by atoms with Gasteiger partial charge in [0.2, 0.25) is 0 Å². The van der Waals surface area contributed by atoms with Crippen molar-refractivity contribution in [1.82, 2.24) is 15.1 Å². The van der Waals surface area contributed by atoms with Crippen molar-refractivity contribution in [3.63, 3.8) is 0 Å². The molecule has 11 heteroatoms. The molecule has 2 atom stereocenters. The van der Waals surface area contributed by atoms with Crippen LogP contribution in [0, 0.1) is 0 Å². The number of amidine groups is 1. The maximum atomic E-state index is 15.3. The molecule has 8 nitrogen and oxygen atoms in total. The summed E-state index contributed by atoms with van der Waals surface area (Å²) in [6, 6.07) is 1.65.